The summed E-state index contributed by atoms with van der Waals surface area (Å²) in [5, 5.41) is 3.75. The molecule has 0 spiro atoms. The fourth-order valence-corrected chi connectivity index (χ4v) is 4.56. The fraction of sp³-hybridized carbons (Fsp3) is 0.588. The maximum absolute atomic E-state index is 12.6. The van der Waals surface area contributed by atoms with E-state index in [0.29, 0.717) is 22.2 Å². The number of carbonyl (C=O) groups excluding carboxylic acids is 1. The molecule has 4 heteroatoms. The highest BCUT2D eigenvalue weighted by Gasteiger charge is 2.61. The minimum absolute atomic E-state index is 0.107. The van der Waals surface area contributed by atoms with Gasteiger partial charge in [-0.15, -0.1) is 0 Å². The lowest BCUT2D eigenvalue weighted by Gasteiger charge is -2.39. The van der Waals surface area contributed by atoms with E-state index in [2.05, 4.69) is 26.1 Å². The SMILES string of the molecule is CC1(C)C2CCC1(C)C(NC(=O)c1cc(Cl)ccc1N)C2. The monoisotopic (exact) mass is 306 g/mol. The molecular formula is C17H23ClN2O. The van der Waals surface area contributed by atoms with Crippen LogP contribution in [0.1, 0.15) is 50.4 Å². The predicted octanol–water partition coefficient (Wildman–Crippen LogP) is 3.87. The highest BCUT2D eigenvalue weighted by atomic mass is 35.5. The van der Waals surface area contributed by atoms with Gasteiger partial charge in [0, 0.05) is 16.8 Å². The van der Waals surface area contributed by atoms with Crippen LogP contribution < -0.4 is 11.1 Å². The lowest BCUT2D eigenvalue weighted by molar-refractivity contribution is 0.0827. The zero-order valence-electron chi connectivity index (χ0n) is 12.9. The minimum Gasteiger partial charge on any atom is -0.398 e. The van der Waals surface area contributed by atoms with Crippen molar-refractivity contribution >= 4 is 23.2 Å². The summed E-state index contributed by atoms with van der Waals surface area (Å²) in [6.45, 7) is 6.99. The number of fused-ring (bicyclic) bond motifs is 2. The first-order chi connectivity index (χ1) is 9.75. The Labute approximate surface area is 131 Å². The number of rotatable bonds is 2. The van der Waals surface area contributed by atoms with E-state index in [1.807, 2.05) is 0 Å². The molecule has 3 atom stereocenters. The maximum atomic E-state index is 12.6. The van der Waals surface area contributed by atoms with Gasteiger partial charge in [-0.05, 0) is 54.2 Å². The van der Waals surface area contributed by atoms with Gasteiger partial charge in [-0.3, -0.25) is 4.79 Å². The molecule has 1 aromatic rings. The summed E-state index contributed by atoms with van der Waals surface area (Å²) in [6, 6.07) is 5.25. The molecule has 2 aliphatic carbocycles. The molecule has 0 aromatic heterocycles. The maximum Gasteiger partial charge on any atom is 0.253 e. The summed E-state index contributed by atoms with van der Waals surface area (Å²) in [4.78, 5) is 12.6. The molecule has 2 bridgehead atoms. The Kier molecular flexibility index (Phi) is 3.25. The Morgan fingerprint density at radius 1 is 1.38 bits per heavy atom. The van der Waals surface area contributed by atoms with Gasteiger partial charge in [-0.1, -0.05) is 32.4 Å². The number of halogens is 1. The van der Waals surface area contributed by atoms with Crippen LogP contribution in [-0.2, 0) is 0 Å². The molecule has 0 radical (unpaired) electrons. The van der Waals surface area contributed by atoms with Crippen molar-refractivity contribution in [3.63, 3.8) is 0 Å². The van der Waals surface area contributed by atoms with Crippen molar-refractivity contribution in [2.24, 2.45) is 16.7 Å². The summed E-state index contributed by atoms with van der Waals surface area (Å²) in [5.41, 5.74) is 7.31. The van der Waals surface area contributed by atoms with Crippen LogP contribution in [-0.4, -0.2) is 11.9 Å². The Bertz CT molecular complexity index is 598. The second-order valence-electron chi connectivity index (χ2n) is 7.37. The average molecular weight is 307 g/mol. The van der Waals surface area contributed by atoms with Gasteiger partial charge in [0.25, 0.3) is 5.91 Å². The molecule has 114 valence electrons. The van der Waals surface area contributed by atoms with Gasteiger partial charge < -0.3 is 11.1 Å². The molecule has 2 aliphatic rings. The second kappa shape index (κ2) is 4.64. The molecule has 0 aliphatic heterocycles. The number of nitrogens with two attached hydrogens (primary N) is 1. The Hall–Kier alpha value is -1.22. The minimum atomic E-state index is -0.107. The summed E-state index contributed by atoms with van der Waals surface area (Å²) in [6.07, 6.45) is 3.52. The first-order valence-electron chi connectivity index (χ1n) is 7.61. The summed E-state index contributed by atoms with van der Waals surface area (Å²) >= 11 is 5.98. The number of hydrogen-bond donors (Lipinski definition) is 2. The van der Waals surface area contributed by atoms with Crippen molar-refractivity contribution in [2.75, 3.05) is 5.73 Å². The first-order valence-corrected chi connectivity index (χ1v) is 7.99. The molecule has 3 rings (SSSR count). The van der Waals surface area contributed by atoms with E-state index < -0.39 is 0 Å². The number of nitrogens with one attached hydrogen (secondary N) is 1. The van der Waals surface area contributed by atoms with Gasteiger partial charge in [0.05, 0.1) is 5.56 Å². The van der Waals surface area contributed by atoms with Gasteiger partial charge in [0.15, 0.2) is 0 Å². The van der Waals surface area contributed by atoms with Crippen LogP contribution in [0.3, 0.4) is 0 Å². The smallest absolute Gasteiger partial charge is 0.253 e. The number of anilines is 1. The van der Waals surface area contributed by atoms with Crippen LogP contribution >= 0.6 is 11.6 Å². The molecule has 1 amide bonds. The van der Waals surface area contributed by atoms with Gasteiger partial charge >= 0.3 is 0 Å². The molecular weight excluding hydrogens is 284 g/mol. The number of nitrogen functional groups attached to an aromatic ring is 1. The molecule has 3 nitrogen and oxygen atoms in total. The first kappa shape index (κ1) is 14.7. The lowest BCUT2D eigenvalue weighted by Crippen LogP contribution is -2.47. The van der Waals surface area contributed by atoms with E-state index >= 15 is 0 Å². The number of carbonyl (C=O) groups is 1. The van der Waals surface area contributed by atoms with E-state index in [1.54, 1.807) is 18.2 Å². The lowest BCUT2D eigenvalue weighted by atomic mass is 9.69. The van der Waals surface area contributed by atoms with E-state index in [0.717, 1.165) is 6.42 Å². The van der Waals surface area contributed by atoms with Crippen LogP contribution in [0.25, 0.3) is 0 Å². The highest BCUT2D eigenvalue weighted by molar-refractivity contribution is 6.31. The van der Waals surface area contributed by atoms with Crippen molar-refractivity contribution in [2.45, 2.75) is 46.1 Å². The van der Waals surface area contributed by atoms with Crippen LogP contribution in [0.2, 0.25) is 5.02 Å². The van der Waals surface area contributed by atoms with Gasteiger partial charge in [0.2, 0.25) is 0 Å². The summed E-state index contributed by atoms with van der Waals surface area (Å²) in [7, 11) is 0. The van der Waals surface area contributed by atoms with Crippen molar-refractivity contribution in [3.05, 3.63) is 28.8 Å². The van der Waals surface area contributed by atoms with Gasteiger partial charge in [-0.25, -0.2) is 0 Å². The van der Waals surface area contributed by atoms with Crippen LogP contribution in [0.15, 0.2) is 18.2 Å². The van der Waals surface area contributed by atoms with Crippen molar-refractivity contribution < 1.29 is 4.79 Å². The number of amides is 1. The quantitative estimate of drug-likeness (QED) is 0.815. The normalized spacial score (nSPS) is 33.1. The standard InChI is InChI=1S/C17H23ClN2O/c1-16(2)10-6-7-17(16,3)14(8-10)20-15(21)12-9-11(18)4-5-13(12)19/h4-5,9-10,14H,6-8,19H2,1-3H3,(H,20,21). The Balaban J connectivity index is 1.82. The van der Waals surface area contributed by atoms with E-state index in [-0.39, 0.29) is 22.8 Å². The highest BCUT2D eigenvalue weighted by Crippen LogP contribution is 2.65. The zero-order valence-corrected chi connectivity index (χ0v) is 13.6. The van der Waals surface area contributed by atoms with E-state index in [4.69, 9.17) is 17.3 Å². The van der Waals surface area contributed by atoms with Crippen LogP contribution in [0, 0.1) is 16.7 Å². The third kappa shape index (κ3) is 2.05. The summed E-state index contributed by atoms with van der Waals surface area (Å²) < 4.78 is 0. The largest absolute Gasteiger partial charge is 0.398 e. The molecule has 3 N–H and O–H groups in total. The fourth-order valence-electron chi connectivity index (χ4n) is 4.38. The Morgan fingerprint density at radius 2 is 2.10 bits per heavy atom. The van der Waals surface area contributed by atoms with Gasteiger partial charge in [-0.2, -0.15) is 0 Å². The second-order valence-corrected chi connectivity index (χ2v) is 7.80. The predicted molar refractivity (Wildman–Crippen MR) is 86.3 cm³/mol. The third-order valence-electron chi connectivity index (χ3n) is 6.36. The Morgan fingerprint density at radius 3 is 2.67 bits per heavy atom. The topological polar surface area (TPSA) is 55.1 Å². The van der Waals surface area contributed by atoms with Crippen molar-refractivity contribution in [1.29, 1.82) is 0 Å². The molecule has 21 heavy (non-hydrogen) atoms. The molecule has 0 saturated heterocycles. The van der Waals surface area contributed by atoms with Crippen LogP contribution in [0.5, 0.6) is 0 Å². The van der Waals surface area contributed by atoms with Crippen molar-refractivity contribution in [3.8, 4) is 0 Å². The number of benzene rings is 1. The van der Waals surface area contributed by atoms with Crippen molar-refractivity contribution in [1.82, 2.24) is 5.32 Å². The molecule has 2 saturated carbocycles. The molecule has 3 unspecified atom stereocenters. The molecule has 1 aromatic carbocycles. The summed E-state index contributed by atoms with van der Waals surface area (Å²) in [5.74, 6) is 0.592. The molecule has 2 fully saturated rings. The van der Waals surface area contributed by atoms with E-state index in [9.17, 15) is 4.79 Å². The zero-order chi connectivity index (χ0) is 15.4. The average Bonchev–Trinajstić information content (AvgIpc) is 2.74. The third-order valence-corrected chi connectivity index (χ3v) is 6.59. The number of hydrogen-bond acceptors (Lipinski definition) is 2. The van der Waals surface area contributed by atoms with Crippen LogP contribution in [0.4, 0.5) is 5.69 Å². The molecule has 0 heterocycles. The van der Waals surface area contributed by atoms with Gasteiger partial charge in [0.1, 0.15) is 0 Å². The van der Waals surface area contributed by atoms with E-state index in [1.165, 1.54) is 12.8 Å².